The molecule has 0 aliphatic rings. The van der Waals surface area contributed by atoms with Crippen molar-refractivity contribution in [3.8, 4) is 11.5 Å². The van der Waals surface area contributed by atoms with E-state index in [-0.39, 0.29) is 19.1 Å². The third kappa shape index (κ3) is 6.05. The Morgan fingerprint density at radius 3 is 2.63 bits per heavy atom. The molecule has 0 spiro atoms. The molecule has 180 valence electrons. The number of hydrogen-bond acceptors (Lipinski definition) is 9. The van der Waals surface area contributed by atoms with Crippen molar-refractivity contribution in [3.63, 3.8) is 0 Å². The van der Waals surface area contributed by atoms with Crippen LogP contribution < -0.4 is 9.54 Å². The Kier molecular flexibility index (Phi) is 8.12. The summed E-state index contributed by atoms with van der Waals surface area (Å²) in [6.45, 7) is 5.62. The standard InChI is InChI=1S/C24H26BN5O3S2/c1-15-18(7-6-10-26-15)33-19-11-17(34-20-8-4-5-9-27-20)12-28-21(19)29-23-30-22(25-35-23)24(2,3)16(13-31)14-32/h4-12,16,31-32H,13-14H2,1-3H3,(H,28,29,30). The predicted octanol–water partition coefficient (Wildman–Crippen LogP) is 3.96. The summed E-state index contributed by atoms with van der Waals surface area (Å²) in [5, 5.41) is 20.2. The number of H-pyrrole nitrogens is 1. The summed E-state index contributed by atoms with van der Waals surface area (Å²) in [4.78, 5) is 22.8. The number of aromatic nitrogens is 4. The number of hydrogen-bond donors (Lipinski definition) is 3. The van der Waals surface area contributed by atoms with E-state index in [0.29, 0.717) is 22.1 Å². The molecule has 0 aliphatic carbocycles. The van der Waals surface area contributed by atoms with E-state index in [0.717, 1.165) is 21.2 Å². The second kappa shape index (κ2) is 11.3. The molecule has 0 unspecified atom stereocenters. The van der Waals surface area contributed by atoms with E-state index >= 15 is 0 Å². The summed E-state index contributed by atoms with van der Waals surface area (Å²) in [5.74, 6) is 1.24. The van der Waals surface area contributed by atoms with Gasteiger partial charge in [0.05, 0.1) is 0 Å². The van der Waals surface area contributed by atoms with Gasteiger partial charge in [0.2, 0.25) is 0 Å². The number of pyridine rings is 3. The first-order chi connectivity index (χ1) is 16.9. The summed E-state index contributed by atoms with van der Waals surface area (Å²) in [7, 11) is 0. The Bertz CT molecular complexity index is 1340. The topological polar surface area (TPSA) is 117 Å². The van der Waals surface area contributed by atoms with E-state index in [1.807, 2.05) is 63.3 Å². The summed E-state index contributed by atoms with van der Waals surface area (Å²) >= 11 is 2.91. The van der Waals surface area contributed by atoms with Crippen LogP contribution in [0.3, 0.4) is 0 Å². The van der Waals surface area contributed by atoms with E-state index in [2.05, 4.69) is 19.9 Å². The zero-order valence-electron chi connectivity index (χ0n) is 19.7. The molecule has 0 bridgehead atoms. The van der Waals surface area contributed by atoms with Crippen molar-refractivity contribution in [1.29, 1.82) is 0 Å². The maximum absolute atomic E-state index is 9.66. The molecule has 0 aromatic carbocycles. The average molecular weight is 507 g/mol. The molecule has 4 aromatic heterocycles. The monoisotopic (exact) mass is 507 g/mol. The normalized spacial score (nSPS) is 12.2. The first-order valence-electron chi connectivity index (χ1n) is 11.0. The van der Waals surface area contributed by atoms with Crippen LogP contribution in [0.5, 0.6) is 11.5 Å². The van der Waals surface area contributed by atoms with Crippen LogP contribution >= 0.6 is 22.9 Å². The molecule has 0 radical (unpaired) electrons. The van der Waals surface area contributed by atoms with Crippen molar-refractivity contribution < 1.29 is 14.9 Å². The van der Waals surface area contributed by atoms with Crippen molar-refractivity contribution in [1.82, 2.24) is 19.9 Å². The molecule has 35 heavy (non-hydrogen) atoms. The SMILES string of the molecule is Cc1ncccc1Oc1cc(Sc2ccccn2)cnc1/N=c1/[nH]c(C(C)(C)C(CO)CO)bs1. The van der Waals surface area contributed by atoms with E-state index in [9.17, 15) is 10.2 Å². The van der Waals surface area contributed by atoms with Gasteiger partial charge in [-0.3, -0.25) is 0 Å². The predicted molar refractivity (Wildman–Crippen MR) is 138 cm³/mol. The van der Waals surface area contributed by atoms with Gasteiger partial charge < -0.3 is 0 Å². The molecule has 4 rings (SSSR count). The summed E-state index contributed by atoms with van der Waals surface area (Å²) in [5.41, 5.74) is 1.17. The molecule has 4 aromatic rings. The summed E-state index contributed by atoms with van der Waals surface area (Å²) < 4.78 is 6.21. The number of rotatable bonds is 9. The van der Waals surface area contributed by atoms with Gasteiger partial charge in [-0.25, -0.2) is 0 Å². The van der Waals surface area contributed by atoms with Crippen LogP contribution in [0, 0.1) is 12.8 Å². The van der Waals surface area contributed by atoms with E-state index in [1.54, 1.807) is 18.6 Å². The minimum absolute atomic E-state index is 0.112. The summed E-state index contributed by atoms with van der Waals surface area (Å²) in [6.07, 6.45) is 7.16. The molecule has 0 saturated carbocycles. The molecule has 0 aliphatic heterocycles. The molecule has 0 saturated heterocycles. The molecule has 4 heterocycles. The molecular weight excluding hydrogens is 481 g/mol. The van der Waals surface area contributed by atoms with Gasteiger partial charge in [0.15, 0.2) is 0 Å². The van der Waals surface area contributed by atoms with Crippen LogP contribution in [0.25, 0.3) is 0 Å². The van der Waals surface area contributed by atoms with Gasteiger partial charge in [-0.1, -0.05) is 0 Å². The van der Waals surface area contributed by atoms with Crippen molar-refractivity contribution in [2.45, 2.75) is 36.1 Å². The van der Waals surface area contributed by atoms with Crippen LogP contribution in [-0.2, 0) is 5.41 Å². The van der Waals surface area contributed by atoms with Gasteiger partial charge in [-0.05, 0) is 0 Å². The molecule has 0 amide bonds. The zero-order chi connectivity index (χ0) is 24.8. The Morgan fingerprint density at radius 2 is 1.91 bits per heavy atom. The Hall–Kier alpha value is -2.86. The van der Waals surface area contributed by atoms with Gasteiger partial charge in [0, 0.05) is 0 Å². The second-order valence-corrected chi connectivity index (χ2v) is 10.4. The Balaban J connectivity index is 1.72. The van der Waals surface area contributed by atoms with Crippen LogP contribution in [-0.4, -0.2) is 49.5 Å². The molecular formula is C24H26BN5O3S2. The molecule has 11 heteroatoms. The van der Waals surface area contributed by atoms with Crippen LogP contribution in [0.1, 0.15) is 25.1 Å². The Morgan fingerprint density at radius 1 is 1.11 bits per heavy atom. The van der Waals surface area contributed by atoms with Crippen LogP contribution in [0.4, 0.5) is 5.82 Å². The third-order valence-electron chi connectivity index (χ3n) is 5.74. The van der Waals surface area contributed by atoms with Crippen molar-refractivity contribution >= 4 is 34.9 Å². The quantitative estimate of drug-likeness (QED) is 0.314. The van der Waals surface area contributed by atoms with Gasteiger partial charge in [-0.15, -0.1) is 0 Å². The number of aryl methyl sites for hydroxylation is 1. The number of aliphatic hydroxyl groups is 2. The molecule has 0 fully saturated rings. The van der Waals surface area contributed by atoms with Crippen LogP contribution in [0.2, 0.25) is 0 Å². The number of nitrogens with one attached hydrogen (secondary N) is 1. The van der Waals surface area contributed by atoms with Crippen molar-refractivity contribution in [2.75, 3.05) is 13.2 Å². The molecule has 0 atom stereocenters. The van der Waals surface area contributed by atoms with Gasteiger partial charge in [0.25, 0.3) is 0 Å². The first kappa shape index (κ1) is 25.2. The van der Waals surface area contributed by atoms with Crippen molar-refractivity contribution in [3.05, 3.63) is 71.1 Å². The zero-order valence-corrected chi connectivity index (χ0v) is 21.3. The summed E-state index contributed by atoms with van der Waals surface area (Å²) in [6, 6.07) is 11.3. The van der Waals surface area contributed by atoms with Crippen LogP contribution in [0.15, 0.2) is 69.9 Å². The molecule has 8 nitrogen and oxygen atoms in total. The maximum atomic E-state index is 9.66. The van der Waals surface area contributed by atoms with E-state index in [1.165, 1.54) is 22.9 Å². The minimum atomic E-state index is -0.462. The fourth-order valence-electron chi connectivity index (χ4n) is 3.34. The number of aliphatic hydroxyl groups excluding tert-OH is 2. The number of ether oxygens (including phenoxy) is 1. The van der Waals surface area contributed by atoms with E-state index < -0.39 is 5.41 Å². The van der Waals surface area contributed by atoms with Gasteiger partial charge in [-0.2, -0.15) is 0 Å². The first-order valence-corrected chi connectivity index (χ1v) is 12.7. The number of aromatic amines is 1. The number of nitrogens with zero attached hydrogens (tertiary/aromatic N) is 4. The average Bonchev–Trinajstić information content (AvgIpc) is 3.33. The Labute approximate surface area is 212 Å². The molecule has 3 N–H and O–H groups in total. The fraction of sp³-hybridized carbons (Fsp3) is 0.292. The van der Waals surface area contributed by atoms with Gasteiger partial charge in [0.1, 0.15) is 0 Å². The second-order valence-electron chi connectivity index (χ2n) is 8.43. The fourth-order valence-corrected chi connectivity index (χ4v) is 5.02. The van der Waals surface area contributed by atoms with E-state index in [4.69, 9.17) is 9.73 Å². The third-order valence-corrected chi connectivity index (χ3v) is 7.42. The van der Waals surface area contributed by atoms with Gasteiger partial charge >= 0.3 is 213 Å². The van der Waals surface area contributed by atoms with Crippen molar-refractivity contribution in [2.24, 2.45) is 10.9 Å².